The van der Waals surface area contributed by atoms with Crippen molar-refractivity contribution < 1.29 is 9.47 Å². The van der Waals surface area contributed by atoms with Gasteiger partial charge in [-0.2, -0.15) is 0 Å². The van der Waals surface area contributed by atoms with E-state index < -0.39 is 0 Å². The Morgan fingerprint density at radius 2 is 1.47 bits per heavy atom. The summed E-state index contributed by atoms with van der Waals surface area (Å²) in [4.78, 5) is 0. The van der Waals surface area contributed by atoms with E-state index in [0.717, 1.165) is 24.3 Å². The van der Waals surface area contributed by atoms with Crippen molar-refractivity contribution in [1.29, 1.82) is 0 Å². The zero-order chi connectivity index (χ0) is 14.1. The highest BCUT2D eigenvalue weighted by molar-refractivity contribution is 5.45. The third kappa shape index (κ3) is 2.88. The molecule has 1 aromatic carbocycles. The largest absolute Gasteiger partial charge is 0.448 e. The number of benzene rings is 1. The third-order valence-corrected chi connectivity index (χ3v) is 4.06. The highest BCUT2D eigenvalue weighted by atomic mass is 16.7. The molecule has 3 rings (SSSR count). The van der Waals surface area contributed by atoms with Crippen LogP contribution in [0.4, 0.5) is 0 Å². The van der Waals surface area contributed by atoms with E-state index in [2.05, 4.69) is 32.9 Å². The first-order valence-electron chi connectivity index (χ1n) is 7.47. The minimum absolute atomic E-state index is 0.369. The van der Waals surface area contributed by atoms with Gasteiger partial charge in [-0.25, -0.2) is 0 Å². The molecule has 0 amide bonds. The molecule has 1 saturated carbocycles. The lowest BCUT2D eigenvalue weighted by molar-refractivity contribution is -0.123. The predicted molar refractivity (Wildman–Crippen MR) is 78.8 cm³/mol. The average molecular weight is 262 g/mol. The van der Waals surface area contributed by atoms with Gasteiger partial charge >= 0.3 is 0 Å². The van der Waals surface area contributed by atoms with Gasteiger partial charge in [0.05, 0.1) is 0 Å². The number of hydrogen-bond acceptors (Lipinski definition) is 2. The van der Waals surface area contributed by atoms with Crippen molar-refractivity contribution in [2.75, 3.05) is 0 Å². The summed E-state index contributed by atoms with van der Waals surface area (Å²) in [6.45, 7) is 10.7. The average Bonchev–Trinajstić information content (AvgIpc) is 2.74. The fourth-order valence-electron chi connectivity index (χ4n) is 2.71. The molecule has 1 fully saturated rings. The fraction of sp³-hybridized carbons (Fsp3) is 0.647. The van der Waals surface area contributed by atoms with Crippen molar-refractivity contribution in [2.24, 2.45) is 5.41 Å². The van der Waals surface area contributed by atoms with Crippen LogP contribution in [-0.2, 0) is 0 Å². The molecular weight excluding hydrogens is 236 g/mol. The highest BCUT2D eigenvalue weighted by Crippen LogP contribution is 2.49. The first-order valence-corrected chi connectivity index (χ1v) is 7.47. The molecule has 19 heavy (non-hydrogen) atoms. The van der Waals surface area contributed by atoms with E-state index in [4.69, 9.17) is 9.47 Å². The van der Waals surface area contributed by atoms with Crippen LogP contribution in [0.25, 0.3) is 0 Å². The molecule has 106 valence electrons. The molecule has 0 aromatic heterocycles. The van der Waals surface area contributed by atoms with Crippen molar-refractivity contribution in [3.63, 3.8) is 0 Å². The molecule has 0 N–H and O–H groups in total. The van der Waals surface area contributed by atoms with Crippen LogP contribution in [-0.4, -0.2) is 5.79 Å². The van der Waals surface area contributed by atoms with Crippen molar-refractivity contribution in [3.8, 4) is 11.5 Å². The maximum absolute atomic E-state index is 6.09. The monoisotopic (exact) mass is 262 g/mol. The molecule has 0 unspecified atom stereocenters. The van der Waals surface area contributed by atoms with Gasteiger partial charge in [0.15, 0.2) is 11.5 Å². The number of aryl methyl sites for hydroxylation is 1. The van der Waals surface area contributed by atoms with Crippen LogP contribution in [0.15, 0.2) is 18.2 Å². The Balaban J connectivity index is 0.000000637. The highest BCUT2D eigenvalue weighted by Gasteiger charge is 2.46. The molecule has 2 nitrogen and oxygen atoms in total. The Hall–Kier alpha value is -1.18. The van der Waals surface area contributed by atoms with Gasteiger partial charge in [-0.15, -0.1) is 0 Å². The zero-order valence-corrected chi connectivity index (χ0v) is 12.9. The summed E-state index contributed by atoms with van der Waals surface area (Å²) in [5.41, 5.74) is 1.66. The molecule has 0 saturated heterocycles. The summed E-state index contributed by atoms with van der Waals surface area (Å²) >= 11 is 0. The molecule has 2 heteroatoms. The third-order valence-electron chi connectivity index (χ3n) is 4.06. The standard InChI is InChI=1S/C15H20O2.C2H6/c1-11-4-5-12-13(10-11)17-15(16-12)8-6-14(2,3)7-9-15;1-2/h4-5,10H,6-9H2,1-3H3;1-2H3. The molecule has 1 heterocycles. The minimum atomic E-state index is -0.369. The Morgan fingerprint density at radius 3 is 2.11 bits per heavy atom. The summed E-state index contributed by atoms with van der Waals surface area (Å²) < 4.78 is 12.1. The van der Waals surface area contributed by atoms with Gasteiger partial charge in [0.2, 0.25) is 0 Å². The first kappa shape index (κ1) is 14.2. The van der Waals surface area contributed by atoms with E-state index in [9.17, 15) is 0 Å². The zero-order valence-electron chi connectivity index (χ0n) is 12.9. The Kier molecular flexibility index (Phi) is 3.80. The number of rotatable bonds is 0. The lowest BCUT2D eigenvalue weighted by Gasteiger charge is -2.39. The van der Waals surface area contributed by atoms with E-state index in [0.29, 0.717) is 5.41 Å². The van der Waals surface area contributed by atoms with Gasteiger partial charge in [-0.1, -0.05) is 33.8 Å². The smallest absolute Gasteiger partial charge is 0.251 e. The molecule has 1 spiro atoms. The van der Waals surface area contributed by atoms with Gasteiger partial charge in [-0.3, -0.25) is 0 Å². The summed E-state index contributed by atoms with van der Waals surface area (Å²) in [6, 6.07) is 6.18. The van der Waals surface area contributed by atoms with Crippen LogP contribution in [0, 0.1) is 12.3 Å². The number of hydrogen-bond donors (Lipinski definition) is 0. The molecule has 1 aliphatic heterocycles. The summed E-state index contributed by atoms with van der Waals surface area (Å²) in [6.07, 6.45) is 4.32. The van der Waals surface area contributed by atoms with E-state index in [1.54, 1.807) is 0 Å². The predicted octanol–water partition coefficient (Wildman–Crippen LogP) is 5.09. The lowest BCUT2D eigenvalue weighted by atomic mass is 9.75. The van der Waals surface area contributed by atoms with Crippen molar-refractivity contribution in [2.45, 2.75) is 66.1 Å². The van der Waals surface area contributed by atoms with Crippen LogP contribution in [0.1, 0.15) is 58.9 Å². The van der Waals surface area contributed by atoms with Crippen molar-refractivity contribution >= 4 is 0 Å². The number of ether oxygens (including phenoxy) is 2. The SMILES string of the molecule is CC.Cc1ccc2c(c1)OC1(CCC(C)(C)CC1)O2. The summed E-state index contributed by atoms with van der Waals surface area (Å²) in [7, 11) is 0. The Morgan fingerprint density at radius 1 is 0.895 bits per heavy atom. The molecule has 1 aliphatic carbocycles. The summed E-state index contributed by atoms with van der Waals surface area (Å²) in [5.74, 6) is 1.46. The summed E-state index contributed by atoms with van der Waals surface area (Å²) in [5, 5.41) is 0. The van der Waals surface area contributed by atoms with Gasteiger partial charge in [-0.05, 0) is 42.9 Å². The van der Waals surface area contributed by atoms with Crippen molar-refractivity contribution in [3.05, 3.63) is 23.8 Å². The lowest BCUT2D eigenvalue weighted by Crippen LogP contribution is -2.44. The molecule has 2 aliphatic rings. The second kappa shape index (κ2) is 5.07. The maximum atomic E-state index is 6.09. The van der Waals surface area contributed by atoms with E-state index in [-0.39, 0.29) is 5.79 Å². The van der Waals surface area contributed by atoms with Crippen LogP contribution in [0.3, 0.4) is 0 Å². The van der Waals surface area contributed by atoms with Crippen LogP contribution in [0.5, 0.6) is 11.5 Å². The van der Waals surface area contributed by atoms with Crippen LogP contribution >= 0.6 is 0 Å². The molecule has 0 radical (unpaired) electrons. The van der Waals surface area contributed by atoms with Crippen LogP contribution < -0.4 is 9.47 Å². The van der Waals surface area contributed by atoms with Crippen molar-refractivity contribution in [1.82, 2.24) is 0 Å². The van der Waals surface area contributed by atoms with E-state index in [1.165, 1.54) is 18.4 Å². The topological polar surface area (TPSA) is 18.5 Å². The van der Waals surface area contributed by atoms with Gasteiger partial charge < -0.3 is 9.47 Å². The quantitative estimate of drug-likeness (QED) is 0.648. The maximum Gasteiger partial charge on any atom is 0.251 e. The van der Waals surface area contributed by atoms with E-state index >= 15 is 0 Å². The first-order chi connectivity index (χ1) is 8.98. The number of fused-ring (bicyclic) bond motifs is 1. The fourth-order valence-corrected chi connectivity index (χ4v) is 2.71. The minimum Gasteiger partial charge on any atom is -0.448 e. The van der Waals surface area contributed by atoms with Gasteiger partial charge in [0.1, 0.15) is 0 Å². The van der Waals surface area contributed by atoms with Crippen LogP contribution in [0.2, 0.25) is 0 Å². The van der Waals surface area contributed by atoms with Gasteiger partial charge in [0.25, 0.3) is 5.79 Å². The molecule has 0 bridgehead atoms. The molecular formula is C17H26O2. The second-order valence-electron chi connectivity index (χ2n) is 6.23. The second-order valence-corrected chi connectivity index (χ2v) is 6.23. The Bertz CT molecular complexity index is 439. The molecule has 1 aromatic rings. The normalized spacial score (nSPS) is 21.7. The van der Waals surface area contributed by atoms with Gasteiger partial charge in [0, 0.05) is 12.8 Å². The Labute approximate surface area is 117 Å². The van der Waals surface area contributed by atoms with E-state index in [1.807, 2.05) is 19.9 Å². The molecule has 0 atom stereocenters.